The van der Waals surface area contributed by atoms with Crippen LogP contribution in [0.15, 0.2) is 40.2 Å². The Balaban J connectivity index is 2.30. The molecule has 0 amide bonds. The first kappa shape index (κ1) is 15.1. The number of carboxylic acids is 1. The summed E-state index contributed by atoms with van der Waals surface area (Å²) in [4.78, 5) is 12.5. The smallest absolute Gasteiger partial charge is 0.337 e. The molecule has 1 heterocycles. The van der Waals surface area contributed by atoms with Gasteiger partial charge in [0.15, 0.2) is 0 Å². The van der Waals surface area contributed by atoms with Gasteiger partial charge in [-0.2, -0.15) is 0 Å². The molecule has 2 aromatic rings. The first-order valence-electron chi connectivity index (χ1n) is 6.44. The highest BCUT2D eigenvalue weighted by Crippen LogP contribution is 2.30. The molecule has 1 aromatic carbocycles. The predicted molar refractivity (Wildman–Crippen MR) is 86.7 cm³/mol. The lowest BCUT2D eigenvalue weighted by Gasteiger charge is -2.19. The number of carboxylic acid groups (broad SMARTS) is 1. The van der Waals surface area contributed by atoms with Crippen molar-refractivity contribution >= 4 is 38.9 Å². The number of aromatic carboxylic acids is 1. The Hall–Kier alpha value is -1.33. The van der Waals surface area contributed by atoms with E-state index in [9.17, 15) is 9.90 Å². The molecule has 2 rings (SSSR count). The largest absolute Gasteiger partial charge is 0.478 e. The fraction of sp³-hybridized carbons (Fsp3) is 0.267. The summed E-state index contributed by atoms with van der Waals surface area (Å²) in [6.45, 7) is 2.13. The van der Waals surface area contributed by atoms with E-state index in [0.717, 1.165) is 17.3 Å². The summed E-state index contributed by atoms with van der Waals surface area (Å²) in [7, 11) is 0. The van der Waals surface area contributed by atoms with Gasteiger partial charge in [0.25, 0.3) is 0 Å². The van der Waals surface area contributed by atoms with Gasteiger partial charge >= 0.3 is 5.97 Å². The number of carbonyl (C=O) groups is 1. The molecule has 3 nitrogen and oxygen atoms in total. The third-order valence-corrected chi connectivity index (χ3v) is 4.48. The lowest BCUT2D eigenvalue weighted by atomic mass is 10.1. The fourth-order valence-corrected chi connectivity index (χ4v) is 3.25. The summed E-state index contributed by atoms with van der Waals surface area (Å²) in [5.74, 6) is -0.915. The van der Waals surface area contributed by atoms with Crippen LogP contribution in [0.1, 0.15) is 41.0 Å². The molecule has 0 fully saturated rings. The molecule has 0 aliphatic rings. The van der Waals surface area contributed by atoms with Gasteiger partial charge in [0.2, 0.25) is 0 Å². The third kappa shape index (κ3) is 3.61. The van der Waals surface area contributed by atoms with Crippen LogP contribution in [-0.4, -0.2) is 11.1 Å². The molecule has 0 spiro atoms. The van der Waals surface area contributed by atoms with Gasteiger partial charge in [-0.15, -0.1) is 11.3 Å². The van der Waals surface area contributed by atoms with E-state index in [0.29, 0.717) is 11.3 Å². The molecule has 0 aliphatic heterocycles. The molecule has 5 heteroatoms. The van der Waals surface area contributed by atoms with Crippen LogP contribution in [0.3, 0.4) is 0 Å². The second-order valence-corrected chi connectivity index (χ2v) is 6.39. The zero-order valence-corrected chi connectivity index (χ0v) is 13.5. The zero-order chi connectivity index (χ0) is 14.5. The molecule has 1 atom stereocenters. The van der Waals surface area contributed by atoms with E-state index in [1.807, 2.05) is 17.5 Å². The molecule has 1 aromatic heterocycles. The molecule has 1 unspecified atom stereocenters. The lowest BCUT2D eigenvalue weighted by Crippen LogP contribution is -2.12. The number of hydrogen-bond donors (Lipinski definition) is 2. The second-order valence-electron chi connectivity index (χ2n) is 4.50. The van der Waals surface area contributed by atoms with E-state index in [2.05, 4.69) is 34.2 Å². The van der Waals surface area contributed by atoms with Crippen LogP contribution in [0, 0.1) is 0 Å². The normalized spacial score (nSPS) is 12.1. The number of halogens is 1. The van der Waals surface area contributed by atoms with Gasteiger partial charge in [-0.25, -0.2) is 4.79 Å². The highest BCUT2D eigenvalue weighted by molar-refractivity contribution is 9.10. The molecular weight excluding hydrogens is 338 g/mol. The van der Waals surface area contributed by atoms with Gasteiger partial charge in [-0.05, 0) is 36.1 Å². The molecule has 0 radical (unpaired) electrons. The summed E-state index contributed by atoms with van der Waals surface area (Å²) in [6.07, 6.45) is 2.00. The summed E-state index contributed by atoms with van der Waals surface area (Å²) in [5.41, 5.74) is 0.949. The molecule has 0 saturated carbocycles. The number of benzene rings is 1. The average Bonchev–Trinajstić information content (AvgIpc) is 2.91. The second kappa shape index (κ2) is 6.90. The van der Waals surface area contributed by atoms with E-state index < -0.39 is 5.97 Å². The Morgan fingerprint density at radius 3 is 2.85 bits per heavy atom. The van der Waals surface area contributed by atoms with Crippen molar-refractivity contribution in [3.8, 4) is 0 Å². The number of rotatable bonds is 6. The van der Waals surface area contributed by atoms with E-state index in [-0.39, 0.29) is 6.04 Å². The fourth-order valence-electron chi connectivity index (χ4n) is 2.07. The minimum absolute atomic E-state index is 0.146. The Labute approximate surface area is 130 Å². The zero-order valence-electron chi connectivity index (χ0n) is 11.1. The Bertz CT molecular complexity index is 584. The Morgan fingerprint density at radius 2 is 2.25 bits per heavy atom. The van der Waals surface area contributed by atoms with Crippen molar-refractivity contribution in [2.45, 2.75) is 25.8 Å². The lowest BCUT2D eigenvalue weighted by molar-refractivity contribution is 0.0698. The van der Waals surface area contributed by atoms with Crippen molar-refractivity contribution in [3.63, 3.8) is 0 Å². The van der Waals surface area contributed by atoms with Crippen LogP contribution in [0.4, 0.5) is 5.69 Å². The standard InChI is InChI=1S/C15H16BrNO2S/c1-2-4-12(14-5-3-8-20-14)17-13-9-10(16)6-7-11(13)15(18)19/h3,5-9,12,17H,2,4H2,1H3,(H,18,19). The van der Waals surface area contributed by atoms with E-state index in [1.54, 1.807) is 23.5 Å². The first-order chi connectivity index (χ1) is 9.61. The molecule has 0 aliphatic carbocycles. The number of anilines is 1. The van der Waals surface area contributed by atoms with E-state index >= 15 is 0 Å². The van der Waals surface area contributed by atoms with Crippen molar-refractivity contribution < 1.29 is 9.90 Å². The minimum atomic E-state index is -0.915. The first-order valence-corrected chi connectivity index (χ1v) is 8.12. The maximum absolute atomic E-state index is 11.3. The van der Waals surface area contributed by atoms with Gasteiger partial charge in [-0.1, -0.05) is 35.3 Å². The Kier molecular flexibility index (Phi) is 5.20. The highest BCUT2D eigenvalue weighted by atomic mass is 79.9. The SMILES string of the molecule is CCCC(Nc1cc(Br)ccc1C(=O)O)c1cccs1. The van der Waals surface area contributed by atoms with Gasteiger partial charge in [0.05, 0.1) is 17.3 Å². The van der Waals surface area contributed by atoms with E-state index in [4.69, 9.17) is 0 Å². The van der Waals surface area contributed by atoms with Crippen LogP contribution in [0.25, 0.3) is 0 Å². The van der Waals surface area contributed by atoms with Crippen LogP contribution >= 0.6 is 27.3 Å². The van der Waals surface area contributed by atoms with Crippen molar-refractivity contribution in [2.24, 2.45) is 0 Å². The maximum Gasteiger partial charge on any atom is 0.337 e. The summed E-state index contributed by atoms with van der Waals surface area (Å²) < 4.78 is 0.867. The maximum atomic E-state index is 11.3. The third-order valence-electron chi connectivity index (χ3n) is 3.01. The van der Waals surface area contributed by atoms with Gasteiger partial charge in [-0.3, -0.25) is 0 Å². The van der Waals surface area contributed by atoms with Gasteiger partial charge in [0, 0.05) is 9.35 Å². The molecule has 0 bridgehead atoms. The van der Waals surface area contributed by atoms with Crippen LogP contribution < -0.4 is 5.32 Å². The topological polar surface area (TPSA) is 49.3 Å². The van der Waals surface area contributed by atoms with Crippen molar-refractivity contribution in [1.29, 1.82) is 0 Å². The van der Waals surface area contributed by atoms with Gasteiger partial charge < -0.3 is 10.4 Å². The molecule has 0 saturated heterocycles. The van der Waals surface area contributed by atoms with Crippen molar-refractivity contribution in [3.05, 3.63) is 50.6 Å². The Morgan fingerprint density at radius 1 is 1.45 bits per heavy atom. The molecular formula is C15H16BrNO2S. The van der Waals surface area contributed by atoms with Crippen molar-refractivity contribution in [2.75, 3.05) is 5.32 Å². The summed E-state index contributed by atoms with van der Waals surface area (Å²) in [6, 6.07) is 9.42. The molecule has 2 N–H and O–H groups in total. The van der Waals surface area contributed by atoms with E-state index in [1.165, 1.54) is 4.88 Å². The average molecular weight is 354 g/mol. The number of nitrogens with one attached hydrogen (secondary N) is 1. The number of hydrogen-bond acceptors (Lipinski definition) is 3. The summed E-state index contributed by atoms with van der Waals surface area (Å²) in [5, 5.41) is 14.7. The van der Waals surface area contributed by atoms with Crippen LogP contribution in [0.2, 0.25) is 0 Å². The van der Waals surface area contributed by atoms with Crippen molar-refractivity contribution in [1.82, 2.24) is 0 Å². The quantitative estimate of drug-likeness (QED) is 0.753. The predicted octanol–water partition coefficient (Wildman–Crippen LogP) is 5.16. The van der Waals surface area contributed by atoms with Crippen LogP contribution in [0.5, 0.6) is 0 Å². The van der Waals surface area contributed by atoms with Crippen LogP contribution in [-0.2, 0) is 0 Å². The molecule has 106 valence electrons. The minimum Gasteiger partial charge on any atom is -0.478 e. The number of thiophene rings is 1. The highest BCUT2D eigenvalue weighted by Gasteiger charge is 2.16. The van der Waals surface area contributed by atoms with Gasteiger partial charge in [0.1, 0.15) is 0 Å². The molecule has 20 heavy (non-hydrogen) atoms. The monoisotopic (exact) mass is 353 g/mol. The summed E-state index contributed by atoms with van der Waals surface area (Å²) >= 11 is 5.08.